The number of carbonyl (C=O) groups excluding carboxylic acids is 1. The number of nitrogens with zero attached hydrogens (tertiary/aromatic N) is 3. The van der Waals surface area contributed by atoms with E-state index >= 15 is 0 Å². The molecule has 0 saturated heterocycles. The molecule has 0 aliphatic heterocycles. The molecule has 3 aromatic rings. The van der Waals surface area contributed by atoms with Gasteiger partial charge < -0.3 is 10.1 Å². The molecule has 10 heteroatoms. The number of halogens is 3. The highest BCUT2D eigenvalue weighted by atomic mass is 32.1. The summed E-state index contributed by atoms with van der Waals surface area (Å²) in [6.07, 6.45) is -1.18. The van der Waals surface area contributed by atoms with Gasteiger partial charge in [-0.2, -0.15) is 18.4 Å². The summed E-state index contributed by atoms with van der Waals surface area (Å²) in [4.78, 5) is 20.7. The summed E-state index contributed by atoms with van der Waals surface area (Å²) in [6.45, 7) is -1.50. The predicted octanol–water partition coefficient (Wildman–Crippen LogP) is 4.20. The van der Waals surface area contributed by atoms with Gasteiger partial charge in [-0.15, -0.1) is 11.3 Å². The summed E-state index contributed by atoms with van der Waals surface area (Å²) < 4.78 is 41.4. The van der Waals surface area contributed by atoms with Crippen LogP contribution in [0.3, 0.4) is 0 Å². The molecule has 2 aromatic heterocycles. The highest BCUT2D eigenvalue weighted by Gasteiger charge is 2.28. The van der Waals surface area contributed by atoms with Crippen molar-refractivity contribution in [3.05, 3.63) is 59.4 Å². The van der Waals surface area contributed by atoms with Crippen LogP contribution in [0.5, 0.6) is 5.75 Å². The maximum absolute atomic E-state index is 12.3. The first-order valence-corrected chi connectivity index (χ1v) is 9.10. The molecule has 2 heterocycles. The maximum atomic E-state index is 12.3. The highest BCUT2D eigenvalue weighted by molar-refractivity contribution is 7.13. The second-order valence-electron chi connectivity index (χ2n) is 5.84. The summed E-state index contributed by atoms with van der Waals surface area (Å²) in [7, 11) is 0. The Morgan fingerprint density at radius 1 is 1.31 bits per heavy atom. The third-order valence-electron chi connectivity index (χ3n) is 3.58. The number of benzene rings is 1. The maximum Gasteiger partial charge on any atom is 0.422 e. The quantitative estimate of drug-likeness (QED) is 0.648. The Morgan fingerprint density at radius 2 is 2.14 bits per heavy atom. The van der Waals surface area contributed by atoms with Gasteiger partial charge in [0.1, 0.15) is 16.8 Å². The van der Waals surface area contributed by atoms with Gasteiger partial charge in [0.15, 0.2) is 6.61 Å². The molecule has 1 N–H and O–H groups in total. The molecule has 1 aromatic carbocycles. The lowest BCUT2D eigenvalue weighted by molar-refractivity contribution is -0.153. The lowest BCUT2D eigenvalue weighted by atomic mass is 10.2. The van der Waals surface area contributed by atoms with Crippen molar-refractivity contribution in [2.75, 3.05) is 11.9 Å². The molecule has 0 aliphatic rings. The fraction of sp³-hybridized carbons (Fsp3) is 0.158. The van der Waals surface area contributed by atoms with Crippen molar-refractivity contribution in [1.29, 1.82) is 5.26 Å². The van der Waals surface area contributed by atoms with Crippen molar-refractivity contribution in [2.24, 2.45) is 0 Å². The first-order chi connectivity index (χ1) is 13.8. The molecule has 0 atom stereocenters. The Balaban J connectivity index is 1.63. The van der Waals surface area contributed by atoms with Gasteiger partial charge in [-0.3, -0.25) is 9.78 Å². The van der Waals surface area contributed by atoms with E-state index in [0.29, 0.717) is 5.69 Å². The number of nitriles is 1. The van der Waals surface area contributed by atoms with Gasteiger partial charge in [-0.1, -0.05) is 0 Å². The standard InChI is InChI=1S/C19H13F3N4O2S/c20-19(21,22)11-28-16-4-3-14(6-13(16)8-23)25-17(27)7-15-10-29-18(26-15)12-2-1-5-24-9-12/h1-6,9-10H,7,11H2,(H,25,27). The summed E-state index contributed by atoms with van der Waals surface area (Å²) in [6, 6.07) is 9.24. The van der Waals surface area contributed by atoms with Crippen LogP contribution >= 0.6 is 11.3 Å². The lowest BCUT2D eigenvalue weighted by Gasteiger charge is -2.11. The summed E-state index contributed by atoms with van der Waals surface area (Å²) in [5, 5.41) is 14.2. The number of anilines is 1. The number of ether oxygens (including phenoxy) is 1. The fourth-order valence-electron chi connectivity index (χ4n) is 2.36. The normalized spacial score (nSPS) is 11.0. The molecule has 0 bridgehead atoms. The van der Waals surface area contributed by atoms with Crippen LogP contribution in [0.1, 0.15) is 11.3 Å². The molecule has 148 valence electrons. The van der Waals surface area contributed by atoms with Gasteiger partial charge in [0, 0.05) is 29.0 Å². The molecule has 3 rings (SSSR count). The Morgan fingerprint density at radius 3 is 2.83 bits per heavy atom. The first-order valence-electron chi connectivity index (χ1n) is 8.22. The van der Waals surface area contributed by atoms with E-state index in [2.05, 4.69) is 20.0 Å². The number of pyridine rings is 1. The number of nitrogens with one attached hydrogen (secondary N) is 1. The van der Waals surface area contributed by atoms with Crippen LogP contribution in [0.2, 0.25) is 0 Å². The summed E-state index contributed by atoms with van der Waals surface area (Å²) >= 11 is 1.38. The largest absolute Gasteiger partial charge is 0.483 e. The molecule has 29 heavy (non-hydrogen) atoms. The van der Waals surface area contributed by atoms with Crippen molar-refractivity contribution < 1.29 is 22.7 Å². The second kappa shape index (κ2) is 8.70. The van der Waals surface area contributed by atoms with E-state index in [4.69, 9.17) is 5.26 Å². The van der Waals surface area contributed by atoms with Gasteiger partial charge in [-0.25, -0.2) is 4.98 Å². The monoisotopic (exact) mass is 418 g/mol. The van der Waals surface area contributed by atoms with Gasteiger partial charge in [0.05, 0.1) is 17.7 Å². The predicted molar refractivity (Wildman–Crippen MR) is 100 cm³/mol. The number of rotatable bonds is 6. The van der Waals surface area contributed by atoms with E-state index < -0.39 is 12.8 Å². The molecule has 0 spiro atoms. The molecule has 0 saturated carbocycles. The number of amides is 1. The van der Waals surface area contributed by atoms with E-state index in [1.807, 2.05) is 6.07 Å². The molecular weight excluding hydrogens is 405 g/mol. The SMILES string of the molecule is N#Cc1cc(NC(=O)Cc2csc(-c3cccnc3)n2)ccc1OCC(F)(F)F. The van der Waals surface area contributed by atoms with Crippen LogP contribution in [0, 0.1) is 11.3 Å². The van der Waals surface area contributed by atoms with Crippen LogP contribution in [-0.4, -0.2) is 28.7 Å². The smallest absolute Gasteiger partial charge is 0.422 e. The Bertz CT molecular complexity index is 1050. The summed E-state index contributed by atoms with van der Waals surface area (Å²) in [5.41, 5.74) is 1.57. The minimum atomic E-state index is -4.51. The molecule has 6 nitrogen and oxygen atoms in total. The number of aromatic nitrogens is 2. The summed E-state index contributed by atoms with van der Waals surface area (Å²) in [5.74, 6) is -0.579. The van der Waals surface area contributed by atoms with Gasteiger partial charge in [0.25, 0.3) is 0 Å². The molecule has 0 aliphatic carbocycles. The van der Waals surface area contributed by atoms with Crippen molar-refractivity contribution in [2.45, 2.75) is 12.6 Å². The molecular formula is C19H13F3N4O2S. The minimum absolute atomic E-state index is 0.00493. The van der Waals surface area contributed by atoms with E-state index in [1.165, 1.54) is 29.5 Å². The van der Waals surface area contributed by atoms with Crippen molar-refractivity contribution in [3.63, 3.8) is 0 Å². The fourth-order valence-corrected chi connectivity index (χ4v) is 3.17. The number of hydrogen-bond acceptors (Lipinski definition) is 6. The van der Waals surface area contributed by atoms with Crippen LogP contribution < -0.4 is 10.1 Å². The Hall–Kier alpha value is -3.45. The average Bonchev–Trinajstić information content (AvgIpc) is 3.15. The third kappa shape index (κ3) is 5.76. The van der Waals surface area contributed by atoms with Crippen LogP contribution in [0.15, 0.2) is 48.1 Å². The van der Waals surface area contributed by atoms with Crippen LogP contribution in [0.25, 0.3) is 10.6 Å². The van der Waals surface area contributed by atoms with E-state index in [9.17, 15) is 18.0 Å². The number of carbonyl (C=O) groups is 1. The zero-order chi connectivity index (χ0) is 20.9. The number of hydrogen-bond donors (Lipinski definition) is 1. The van der Waals surface area contributed by atoms with E-state index in [0.717, 1.165) is 10.6 Å². The third-order valence-corrected chi connectivity index (χ3v) is 4.52. The van der Waals surface area contributed by atoms with E-state index in [-0.39, 0.29) is 29.3 Å². The Kier molecular flexibility index (Phi) is 6.09. The Labute approximate surface area is 167 Å². The van der Waals surface area contributed by atoms with Gasteiger partial charge in [0.2, 0.25) is 5.91 Å². The average molecular weight is 418 g/mol. The minimum Gasteiger partial charge on any atom is -0.483 e. The van der Waals surface area contributed by atoms with Gasteiger partial charge in [-0.05, 0) is 30.3 Å². The van der Waals surface area contributed by atoms with Crippen molar-refractivity contribution in [3.8, 4) is 22.4 Å². The molecule has 1 amide bonds. The van der Waals surface area contributed by atoms with Crippen molar-refractivity contribution >= 4 is 22.9 Å². The van der Waals surface area contributed by atoms with Crippen LogP contribution in [0.4, 0.5) is 18.9 Å². The van der Waals surface area contributed by atoms with Crippen molar-refractivity contribution in [1.82, 2.24) is 9.97 Å². The topological polar surface area (TPSA) is 87.9 Å². The van der Waals surface area contributed by atoms with Crippen LogP contribution in [-0.2, 0) is 11.2 Å². The molecule has 0 radical (unpaired) electrons. The molecule has 0 fully saturated rings. The van der Waals surface area contributed by atoms with Gasteiger partial charge >= 0.3 is 6.18 Å². The van der Waals surface area contributed by atoms with E-state index in [1.54, 1.807) is 29.9 Å². The molecule has 0 unspecified atom stereocenters. The second-order valence-corrected chi connectivity index (χ2v) is 6.70. The highest BCUT2D eigenvalue weighted by Crippen LogP contribution is 2.26. The first kappa shape index (κ1) is 20.3. The zero-order valence-electron chi connectivity index (χ0n) is 14.7. The lowest BCUT2D eigenvalue weighted by Crippen LogP contribution is -2.19. The number of thiazole rings is 1. The number of alkyl halides is 3. The zero-order valence-corrected chi connectivity index (χ0v) is 15.5.